The van der Waals surface area contributed by atoms with E-state index in [0.29, 0.717) is 12.0 Å². The maximum Gasteiger partial charge on any atom is 0.416 e. The summed E-state index contributed by atoms with van der Waals surface area (Å²) < 4.78 is 71.9. The summed E-state index contributed by atoms with van der Waals surface area (Å²) >= 11 is 0. The van der Waals surface area contributed by atoms with E-state index >= 15 is 0 Å². The van der Waals surface area contributed by atoms with E-state index in [0.717, 1.165) is 12.1 Å². The van der Waals surface area contributed by atoms with Crippen molar-refractivity contribution in [1.82, 2.24) is 4.31 Å². The highest BCUT2D eigenvalue weighted by molar-refractivity contribution is 7.89. The third-order valence-corrected chi connectivity index (χ3v) is 7.39. The van der Waals surface area contributed by atoms with Crippen molar-refractivity contribution in [2.75, 3.05) is 25.0 Å². The molecule has 0 aliphatic carbocycles. The Morgan fingerprint density at radius 2 is 1.82 bits per heavy atom. The van der Waals surface area contributed by atoms with Crippen LogP contribution in [0.2, 0.25) is 0 Å². The van der Waals surface area contributed by atoms with Crippen molar-refractivity contribution >= 4 is 21.6 Å². The fourth-order valence-corrected chi connectivity index (χ4v) is 5.06. The number of ether oxygens (including phenoxy) is 1. The molecule has 0 spiro atoms. The standard InChI is InChI=1S/C23H24F3N3O4S/c1-2-13-33-21-8-5-18(23(24,25)26)14-20(21)28-22(30)17-9-11-29(12-10-17)34(31,32)19-6-3-16(15-27)4-7-19/h3-8,14,17H,2,9-13H2,1H3,(H,28,30). The predicted octanol–water partition coefficient (Wildman–Crippen LogP) is 4.41. The molecule has 1 N–H and O–H groups in total. The van der Waals surface area contributed by atoms with E-state index < -0.39 is 33.6 Å². The average molecular weight is 496 g/mol. The van der Waals surface area contributed by atoms with Gasteiger partial charge in [-0.05, 0) is 61.7 Å². The number of carbonyl (C=O) groups excluding carboxylic acids is 1. The van der Waals surface area contributed by atoms with Gasteiger partial charge >= 0.3 is 6.18 Å². The number of alkyl halides is 3. The number of piperidine rings is 1. The number of sulfonamides is 1. The smallest absolute Gasteiger partial charge is 0.416 e. The number of nitriles is 1. The summed E-state index contributed by atoms with van der Waals surface area (Å²) in [6, 6.07) is 10.4. The number of hydrogen-bond acceptors (Lipinski definition) is 5. The van der Waals surface area contributed by atoms with Gasteiger partial charge in [0.2, 0.25) is 15.9 Å². The van der Waals surface area contributed by atoms with Crippen molar-refractivity contribution in [3.05, 3.63) is 53.6 Å². The Bertz CT molecular complexity index is 1170. The lowest BCUT2D eigenvalue weighted by Crippen LogP contribution is -2.41. The van der Waals surface area contributed by atoms with E-state index in [1.165, 1.54) is 34.6 Å². The molecule has 0 unspecified atom stereocenters. The molecular weight excluding hydrogens is 471 g/mol. The van der Waals surface area contributed by atoms with E-state index in [-0.39, 0.29) is 48.9 Å². The van der Waals surface area contributed by atoms with Gasteiger partial charge in [-0.2, -0.15) is 22.7 Å². The minimum Gasteiger partial charge on any atom is -0.491 e. The number of nitrogens with zero attached hydrogens (tertiary/aromatic N) is 2. The highest BCUT2D eigenvalue weighted by Crippen LogP contribution is 2.36. The van der Waals surface area contributed by atoms with Gasteiger partial charge in [-0.1, -0.05) is 6.92 Å². The zero-order valence-electron chi connectivity index (χ0n) is 18.4. The second-order valence-corrected chi connectivity index (χ2v) is 9.80. The number of nitrogens with one attached hydrogen (secondary N) is 1. The number of rotatable bonds is 7. The van der Waals surface area contributed by atoms with Crippen molar-refractivity contribution in [2.24, 2.45) is 5.92 Å². The first-order chi connectivity index (χ1) is 16.1. The average Bonchev–Trinajstić information content (AvgIpc) is 2.82. The van der Waals surface area contributed by atoms with Crippen molar-refractivity contribution in [3.8, 4) is 11.8 Å². The van der Waals surface area contributed by atoms with Crippen LogP contribution < -0.4 is 10.1 Å². The van der Waals surface area contributed by atoms with Crippen LogP contribution in [0.15, 0.2) is 47.4 Å². The van der Waals surface area contributed by atoms with Crippen LogP contribution in [0.3, 0.4) is 0 Å². The Kier molecular flexibility index (Phi) is 7.84. The fourth-order valence-electron chi connectivity index (χ4n) is 3.59. The summed E-state index contributed by atoms with van der Waals surface area (Å²) in [5.41, 5.74) is -0.637. The Labute approximate surface area is 196 Å². The van der Waals surface area contributed by atoms with Crippen LogP contribution in [0.5, 0.6) is 5.75 Å². The first-order valence-electron chi connectivity index (χ1n) is 10.7. The number of halogens is 3. The SMILES string of the molecule is CCCOc1ccc(C(F)(F)F)cc1NC(=O)C1CCN(S(=O)(=O)c2ccc(C#N)cc2)CC1. The molecule has 2 aromatic rings. The second-order valence-electron chi connectivity index (χ2n) is 7.86. The van der Waals surface area contributed by atoms with E-state index in [4.69, 9.17) is 10.00 Å². The minimum atomic E-state index is -4.58. The summed E-state index contributed by atoms with van der Waals surface area (Å²) in [6.45, 7) is 2.30. The highest BCUT2D eigenvalue weighted by atomic mass is 32.2. The highest BCUT2D eigenvalue weighted by Gasteiger charge is 2.34. The summed E-state index contributed by atoms with van der Waals surface area (Å²) in [5, 5.41) is 11.4. The molecule has 0 bridgehead atoms. The zero-order valence-corrected chi connectivity index (χ0v) is 19.2. The second kappa shape index (κ2) is 10.4. The van der Waals surface area contributed by atoms with Gasteiger partial charge in [0.15, 0.2) is 0 Å². The number of anilines is 1. The molecule has 182 valence electrons. The van der Waals surface area contributed by atoms with Gasteiger partial charge in [0, 0.05) is 19.0 Å². The number of hydrogen-bond donors (Lipinski definition) is 1. The fraction of sp³-hybridized carbons (Fsp3) is 0.391. The van der Waals surface area contributed by atoms with Gasteiger partial charge in [0.1, 0.15) is 5.75 Å². The molecule has 11 heteroatoms. The van der Waals surface area contributed by atoms with Crippen LogP contribution in [0.4, 0.5) is 18.9 Å². The van der Waals surface area contributed by atoms with E-state index in [9.17, 15) is 26.4 Å². The molecule has 0 atom stereocenters. The van der Waals surface area contributed by atoms with E-state index in [1.807, 2.05) is 13.0 Å². The number of amides is 1. The first kappa shape index (κ1) is 25.5. The molecular formula is C23H24F3N3O4S. The van der Waals surface area contributed by atoms with Crippen LogP contribution in [0, 0.1) is 17.2 Å². The summed E-state index contributed by atoms with van der Waals surface area (Å²) in [6.07, 6.45) is -3.51. The predicted molar refractivity (Wildman–Crippen MR) is 118 cm³/mol. The van der Waals surface area contributed by atoms with Gasteiger partial charge in [-0.3, -0.25) is 4.79 Å². The third-order valence-electron chi connectivity index (χ3n) is 5.47. The van der Waals surface area contributed by atoms with Gasteiger partial charge in [0.05, 0.1) is 34.4 Å². The normalized spacial score (nSPS) is 15.5. The molecule has 34 heavy (non-hydrogen) atoms. The molecule has 1 saturated heterocycles. The maximum atomic E-state index is 13.1. The largest absolute Gasteiger partial charge is 0.491 e. The molecule has 0 aromatic heterocycles. The van der Waals surface area contributed by atoms with Crippen molar-refractivity contribution in [1.29, 1.82) is 5.26 Å². The molecule has 1 amide bonds. The molecule has 2 aromatic carbocycles. The van der Waals surface area contributed by atoms with Crippen molar-refractivity contribution < 1.29 is 31.1 Å². The molecule has 1 heterocycles. The maximum absolute atomic E-state index is 13.1. The van der Waals surface area contributed by atoms with E-state index in [2.05, 4.69) is 5.32 Å². The van der Waals surface area contributed by atoms with Crippen molar-refractivity contribution in [3.63, 3.8) is 0 Å². The summed E-state index contributed by atoms with van der Waals surface area (Å²) in [5.74, 6) is -0.916. The Morgan fingerprint density at radius 3 is 2.38 bits per heavy atom. The van der Waals surface area contributed by atoms with Crippen LogP contribution in [0.1, 0.15) is 37.3 Å². The molecule has 0 radical (unpaired) electrons. The molecule has 1 aliphatic rings. The van der Waals surface area contributed by atoms with Crippen molar-refractivity contribution in [2.45, 2.75) is 37.3 Å². The zero-order chi connectivity index (χ0) is 24.9. The lowest BCUT2D eigenvalue weighted by atomic mass is 9.97. The summed E-state index contributed by atoms with van der Waals surface area (Å²) in [7, 11) is -3.79. The third kappa shape index (κ3) is 5.87. The topological polar surface area (TPSA) is 99.5 Å². The number of benzene rings is 2. The monoisotopic (exact) mass is 495 g/mol. The van der Waals surface area contributed by atoms with Gasteiger partial charge in [-0.25, -0.2) is 8.42 Å². The van der Waals surface area contributed by atoms with E-state index in [1.54, 1.807) is 0 Å². The Hall–Kier alpha value is -3.10. The lowest BCUT2D eigenvalue weighted by molar-refractivity contribution is -0.137. The Morgan fingerprint density at radius 1 is 1.18 bits per heavy atom. The number of carbonyl (C=O) groups is 1. The molecule has 1 aliphatic heterocycles. The molecule has 0 saturated carbocycles. The molecule has 1 fully saturated rings. The van der Waals surface area contributed by atoms with Gasteiger partial charge in [-0.15, -0.1) is 0 Å². The van der Waals surface area contributed by atoms with Crippen LogP contribution in [-0.4, -0.2) is 38.3 Å². The Balaban J connectivity index is 1.69. The summed E-state index contributed by atoms with van der Waals surface area (Å²) in [4.78, 5) is 12.9. The molecule has 7 nitrogen and oxygen atoms in total. The van der Waals surface area contributed by atoms with Crippen LogP contribution in [0.25, 0.3) is 0 Å². The minimum absolute atomic E-state index is 0.0519. The van der Waals surface area contributed by atoms with Gasteiger partial charge < -0.3 is 10.1 Å². The van der Waals surface area contributed by atoms with Crippen LogP contribution >= 0.6 is 0 Å². The van der Waals surface area contributed by atoms with Gasteiger partial charge in [0.25, 0.3) is 0 Å². The lowest BCUT2D eigenvalue weighted by Gasteiger charge is -2.30. The molecule has 3 rings (SSSR count). The first-order valence-corrected chi connectivity index (χ1v) is 12.2. The quantitative estimate of drug-likeness (QED) is 0.614. The van der Waals surface area contributed by atoms with Crippen LogP contribution in [-0.2, 0) is 21.0 Å².